The third-order valence-corrected chi connectivity index (χ3v) is 6.11. The van der Waals surface area contributed by atoms with Crippen LogP contribution in [0, 0.1) is 17.3 Å². The van der Waals surface area contributed by atoms with E-state index in [9.17, 15) is 9.59 Å². The van der Waals surface area contributed by atoms with Crippen LogP contribution in [0.4, 0.5) is 0 Å². The number of hydrogen-bond donors (Lipinski definition) is 0. The predicted octanol–water partition coefficient (Wildman–Crippen LogP) is 5.59. The second-order valence-corrected chi connectivity index (χ2v) is 8.92. The number of rotatable bonds is 1. The van der Waals surface area contributed by atoms with E-state index < -0.39 is 0 Å². The average Bonchev–Trinajstić information content (AvgIpc) is 2.64. The highest BCUT2D eigenvalue weighted by atomic mass is 16.1. The number of benzene rings is 1. The van der Waals surface area contributed by atoms with Crippen LogP contribution in [0.3, 0.4) is 0 Å². The topological polar surface area (TPSA) is 34.1 Å². The number of carbonyl (C=O) groups excluding carboxylic acids is 2. The Morgan fingerprint density at radius 2 is 1.74 bits per heavy atom. The van der Waals surface area contributed by atoms with Gasteiger partial charge < -0.3 is 0 Å². The molecule has 3 aliphatic carbocycles. The van der Waals surface area contributed by atoms with E-state index in [0.717, 1.165) is 34.3 Å². The SMILES string of the molecule is CC1=CC(C2C=C(C(C)(C)C)C(=O)C3=CC=CCC32)c2ccccc2C1=O. The van der Waals surface area contributed by atoms with Gasteiger partial charge in [-0.3, -0.25) is 9.59 Å². The van der Waals surface area contributed by atoms with Crippen molar-refractivity contribution in [3.63, 3.8) is 0 Å². The molecule has 0 saturated carbocycles. The summed E-state index contributed by atoms with van der Waals surface area (Å²) in [6, 6.07) is 7.94. The summed E-state index contributed by atoms with van der Waals surface area (Å²) in [7, 11) is 0. The summed E-state index contributed by atoms with van der Waals surface area (Å²) in [4.78, 5) is 25.8. The zero-order chi connectivity index (χ0) is 19.3. The molecule has 0 heterocycles. The Morgan fingerprint density at radius 3 is 2.48 bits per heavy atom. The fraction of sp³-hybridized carbons (Fsp3) is 0.360. The van der Waals surface area contributed by atoms with Crippen molar-refractivity contribution in [1.29, 1.82) is 0 Å². The third-order valence-electron chi connectivity index (χ3n) is 6.11. The van der Waals surface area contributed by atoms with Crippen LogP contribution in [-0.2, 0) is 4.79 Å². The molecule has 3 aliphatic rings. The Kier molecular flexibility index (Phi) is 4.18. The molecule has 0 amide bonds. The monoisotopic (exact) mass is 358 g/mol. The Bertz CT molecular complexity index is 947. The maximum Gasteiger partial charge on any atom is 0.188 e. The van der Waals surface area contributed by atoms with Crippen LogP contribution in [0.25, 0.3) is 0 Å². The molecule has 1 aromatic carbocycles. The van der Waals surface area contributed by atoms with Crippen LogP contribution < -0.4 is 0 Å². The van der Waals surface area contributed by atoms with Gasteiger partial charge in [0.05, 0.1) is 0 Å². The van der Waals surface area contributed by atoms with E-state index in [0.29, 0.717) is 0 Å². The normalized spacial score (nSPS) is 27.4. The highest BCUT2D eigenvalue weighted by molar-refractivity contribution is 6.12. The number of hydrogen-bond acceptors (Lipinski definition) is 2. The predicted molar refractivity (Wildman–Crippen MR) is 109 cm³/mol. The fourth-order valence-corrected chi connectivity index (χ4v) is 4.70. The van der Waals surface area contributed by atoms with Crippen molar-refractivity contribution in [3.05, 3.63) is 82.5 Å². The van der Waals surface area contributed by atoms with Crippen molar-refractivity contribution < 1.29 is 9.59 Å². The summed E-state index contributed by atoms with van der Waals surface area (Å²) in [5.74, 6) is 0.771. The Balaban J connectivity index is 1.90. The second kappa shape index (κ2) is 6.30. The van der Waals surface area contributed by atoms with E-state index in [1.165, 1.54) is 0 Å². The molecule has 3 atom stereocenters. The Hall–Kier alpha value is -2.48. The minimum absolute atomic E-state index is 0.115. The molecular weight excluding hydrogens is 332 g/mol. The van der Waals surface area contributed by atoms with Crippen molar-refractivity contribution in [3.8, 4) is 0 Å². The lowest BCUT2D eigenvalue weighted by molar-refractivity contribution is -0.114. The molecule has 0 aliphatic heterocycles. The lowest BCUT2D eigenvalue weighted by atomic mass is 9.62. The van der Waals surface area contributed by atoms with Crippen molar-refractivity contribution in [2.45, 2.75) is 40.0 Å². The number of Topliss-reactive ketones (excluding diaryl/α,β-unsaturated/α-hetero) is 2. The quantitative estimate of drug-likeness (QED) is 0.656. The number of ketones is 2. The first-order valence-electron chi connectivity index (χ1n) is 9.75. The largest absolute Gasteiger partial charge is 0.289 e. The summed E-state index contributed by atoms with van der Waals surface area (Å²) in [5.41, 5.74) is 4.32. The van der Waals surface area contributed by atoms with Gasteiger partial charge in [-0.2, -0.15) is 0 Å². The molecule has 3 unspecified atom stereocenters. The van der Waals surface area contributed by atoms with Gasteiger partial charge in [0.1, 0.15) is 0 Å². The zero-order valence-electron chi connectivity index (χ0n) is 16.5. The van der Waals surface area contributed by atoms with Crippen molar-refractivity contribution in [2.75, 3.05) is 0 Å². The number of fused-ring (bicyclic) bond motifs is 2. The second-order valence-electron chi connectivity index (χ2n) is 8.92. The van der Waals surface area contributed by atoms with Crippen LogP contribution in [0.15, 0.2) is 71.4 Å². The molecule has 4 rings (SSSR count). The summed E-state index contributed by atoms with van der Waals surface area (Å²) in [5, 5.41) is 0. The molecule has 0 spiro atoms. The molecular formula is C25H26O2. The molecule has 2 heteroatoms. The standard InChI is InChI=1S/C25H26O2/c1-15-13-20(16-9-5-7-11-18(16)23(15)26)21-14-22(25(2,3)4)24(27)19-12-8-6-10-17(19)21/h5-9,11-14,17,20-21H,10H2,1-4H3. The van der Waals surface area contributed by atoms with E-state index >= 15 is 0 Å². The van der Waals surface area contributed by atoms with Crippen LogP contribution in [0.1, 0.15) is 56.0 Å². The van der Waals surface area contributed by atoms with Crippen LogP contribution >= 0.6 is 0 Å². The minimum atomic E-state index is -0.203. The molecule has 2 nitrogen and oxygen atoms in total. The summed E-state index contributed by atoms with van der Waals surface area (Å²) >= 11 is 0. The highest BCUT2D eigenvalue weighted by Gasteiger charge is 2.42. The molecule has 138 valence electrons. The average molecular weight is 358 g/mol. The lowest BCUT2D eigenvalue weighted by Gasteiger charge is -2.40. The smallest absolute Gasteiger partial charge is 0.188 e. The van der Waals surface area contributed by atoms with Gasteiger partial charge in [-0.25, -0.2) is 0 Å². The van der Waals surface area contributed by atoms with E-state index in [2.05, 4.69) is 45.1 Å². The maximum atomic E-state index is 13.2. The van der Waals surface area contributed by atoms with E-state index in [1.807, 2.05) is 37.3 Å². The first-order chi connectivity index (χ1) is 12.8. The molecule has 0 aromatic heterocycles. The summed E-state index contributed by atoms with van der Waals surface area (Å²) < 4.78 is 0. The molecule has 0 fully saturated rings. The van der Waals surface area contributed by atoms with Gasteiger partial charge in [-0.15, -0.1) is 0 Å². The van der Waals surface area contributed by atoms with Gasteiger partial charge in [0.2, 0.25) is 0 Å². The van der Waals surface area contributed by atoms with Gasteiger partial charge in [0, 0.05) is 22.6 Å². The van der Waals surface area contributed by atoms with Gasteiger partial charge in [-0.1, -0.05) is 75.4 Å². The zero-order valence-corrected chi connectivity index (χ0v) is 16.5. The van der Waals surface area contributed by atoms with Crippen LogP contribution in [0.2, 0.25) is 0 Å². The fourth-order valence-electron chi connectivity index (χ4n) is 4.70. The Morgan fingerprint density at radius 1 is 1.00 bits per heavy atom. The van der Waals surface area contributed by atoms with Gasteiger partial charge >= 0.3 is 0 Å². The first kappa shape index (κ1) is 17.9. The minimum Gasteiger partial charge on any atom is -0.289 e. The van der Waals surface area contributed by atoms with Crippen LogP contribution in [0.5, 0.6) is 0 Å². The molecule has 27 heavy (non-hydrogen) atoms. The molecule has 0 bridgehead atoms. The number of allylic oxidation sites excluding steroid dienone is 8. The third kappa shape index (κ3) is 2.88. The van der Waals surface area contributed by atoms with E-state index in [-0.39, 0.29) is 34.7 Å². The van der Waals surface area contributed by atoms with Gasteiger partial charge in [0.25, 0.3) is 0 Å². The van der Waals surface area contributed by atoms with Gasteiger partial charge in [-0.05, 0) is 41.7 Å². The molecule has 0 radical (unpaired) electrons. The molecule has 0 saturated heterocycles. The number of carbonyl (C=O) groups is 2. The summed E-state index contributed by atoms with van der Waals surface area (Å²) in [6.45, 7) is 8.22. The highest BCUT2D eigenvalue weighted by Crippen LogP contribution is 2.48. The molecule has 0 N–H and O–H groups in total. The van der Waals surface area contributed by atoms with Crippen molar-refractivity contribution >= 4 is 11.6 Å². The summed E-state index contributed by atoms with van der Waals surface area (Å²) in [6.07, 6.45) is 11.4. The first-order valence-corrected chi connectivity index (χ1v) is 9.75. The van der Waals surface area contributed by atoms with Crippen molar-refractivity contribution in [2.24, 2.45) is 17.3 Å². The Labute approximate surface area is 161 Å². The van der Waals surface area contributed by atoms with Gasteiger partial charge in [0.15, 0.2) is 11.6 Å². The van der Waals surface area contributed by atoms with E-state index in [4.69, 9.17) is 0 Å². The van der Waals surface area contributed by atoms with E-state index in [1.54, 1.807) is 0 Å². The molecule has 1 aromatic rings. The van der Waals surface area contributed by atoms with Crippen LogP contribution in [-0.4, -0.2) is 11.6 Å². The lowest BCUT2D eigenvalue weighted by Crippen LogP contribution is -2.35. The maximum absolute atomic E-state index is 13.2. The van der Waals surface area contributed by atoms with Crippen molar-refractivity contribution in [1.82, 2.24) is 0 Å².